The average Bonchev–Trinajstić information content (AvgIpc) is 2.35. The molecule has 92 valence electrons. The molecule has 0 fully saturated rings. The highest BCUT2D eigenvalue weighted by Crippen LogP contribution is 2.12. The van der Waals surface area contributed by atoms with Gasteiger partial charge in [-0.05, 0) is 6.07 Å². The van der Waals surface area contributed by atoms with Crippen molar-refractivity contribution in [2.45, 2.75) is 5.38 Å². The summed E-state index contributed by atoms with van der Waals surface area (Å²) >= 11 is 11.4. The monoisotopic (exact) mass is 276 g/mol. The van der Waals surface area contributed by atoms with Crippen LogP contribution in [0, 0.1) is 0 Å². The summed E-state index contributed by atoms with van der Waals surface area (Å²) in [6.45, 7) is -0.0360. The molecule has 0 spiro atoms. The maximum absolute atomic E-state index is 11.6. The molecular weight excluding hydrogens is 267 g/mol. The number of amides is 1. The minimum absolute atomic E-state index is 0.0360. The highest BCUT2D eigenvalue weighted by molar-refractivity contribution is 6.33. The van der Waals surface area contributed by atoms with Gasteiger partial charge >= 0.3 is 5.97 Å². The van der Waals surface area contributed by atoms with E-state index in [9.17, 15) is 9.59 Å². The zero-order valence-corrected chi connectivity index (χ0v) is 10.5. The van der Waals surface area contributed by atoms with Gasteiger partial charge in [0.15, 0.2) is 0 Å². The van der Waals surface area contributed by atoms with Crippen LogP contribution >= 0.6 is 23.2 Å². The maximum Gasteiger partial charge on any atom is 0.325 e. The third-order valence-electron chi connectivity index (χ3n) is 1.92. The Morgan fingerprint density at radius 1 is 1.59 bits per heavy atom. The van der Waals surface area contributed by atoms with Gasteiger partial charge in [0.05, 0.1) is 17.7 Å². The van der Waals surface area contributed by atoms with Gasteiger partial charge in [-0.25, -0.2) is 0 Å². The van der Waals surface area contributed by atoms with Crippen molar-refractivity contribution in [3.63, 3.8) is 0 Å². The number of esters is 1. The van der Waals surface area contributed by atoms with E-state index in [-0.39, 0.29) is 17.1 Å². The predicted octanol–water partition coefficient (Wildman–Crippen LogP) is 1.25. The molecule has 0 aromatic carbocycles. The first kappa shape index (κ1) is 13.7. The second-order valence-corrected chi connectivity index (χ2v) is 3.99. The second-order valence-electron chi connectivity index (χ2n) is 3.06. The summed E-state index contributed by atoms with van der Waals surface area (Å²) in [6, 6.07) is 1.47. The third-order valence-corrected chi connectivity index (χ3v) is 2.55. The number of ether oxygens (including phenoxy) is 1. The van der Waals surface area contributed by atoms with Gasteiger partial charge in [0.25, 0.3) is 5.91 Å². The molecule has 1 heterocycles. The van der Waals surface area contributed by atoms with Crippen LogP contribution in [-0.2, 0) is 9.53 Å². The van der Waals surface area contributed by atoms with Crippen LogP contribution in [0.5, 0.6) is 0 Å². The largest absolute Gasteiger partial charge is 0.468 e. The molecule has 0 bridgehead atoms. The van der Waals surface area contributed by atoms with Crippen molar-refractivity contribution in [1.29, 1.82) is 0 Å². The van der Waals surface area contributed by atoms with E-state index in [4.69, 9.17) is 23.2 Å². The van der Waals surface area contributed by atoms with Crippen LogP contribution in [0.1, 0.15) is 10.4 Å². The molecule has 5 nitrogen and oxygen atoms in total. The molecular formula is C10H10Cl2N2O3. The highest BCUT2D eigenvalue weighted by atomic mass is 35.5. The molecule has 0 aliphatic rings. The smallest absolute Gasteiger partial charge is 0.325 e. The molecule has 1 aromatic heterocycles. The van der Waals surface area contributed by atoms with Crippen LogP contribution in [-0.4, -0.2) is 35.9 Å². The number of carbonyl (C=O) groups excluding carboxylic acids is 2. The highest BCUT2D eigenvalue weighted by Gasteiger charge is 2.17. The Kier molecular flexibility index (Phi) is 5.18. The van der Waals surface area contributed by atoms with E-state index >= 15 is 0 Å². The molecule has 0 aliphatic carbocycles. The lowest BCUT2D eigenvalue weighted by Gasteiger charge is -2.09. The number of methoxy groups -OCH3 is 1. The van der Waals surface area contributed by atoms with Gasteiger partial charge in [-0.15, -0.1) is 11.6 Å². The Hall–Kier alpha value is -1.33. The minimum atomic E-state index is -0.926. The fourth-order valence-electron chi connectivity index (χ4n) is 1.05. The van der Waals surface area contributed by atoms with Crippen LogP contribution in [0.25, 0.3) is 0 Å². The summed E-state index contributed by atoms with van der Waals surface area (Å²) in [5, 5.41) is 1.78. The van der Waals surface area contributed by atoms with E-state index in [0.29, 0.717) is 0 Å². The third kappa shape index (κ3) is 3.87. The predicted molar refractivity (Wildman–Crippen MR) is 63.2 cm³/mol. The number of nitrogens with zero attached hydrogens (tertiary/aromatic N) is 1. The van der Waals surface area contributed by atoms with E-state index in [1.54, 1.807) is 0 Å². The number of nitrogens with one attached hydrogen (secondary N) is 1. The maximum atomic E-state index is 11.6. The van der Waals surface area contributed by atoms with E-state index in [1.807, 2.05) is 0 Å². The molecule has 1 N–H and O–H groups in total. The van der Waals surface area contributed by atoms with Crippen LogP contribution < -0.4 is 5.32 Å². The van der Waals surface area contributed by atoms with Crippen LogP contribution in [0.15, 0.2) is 18.5 Å². The SMILES string of the molecule is COC(=O)C(Cl)CNC(=O)c1ccncc1Cl. The number of carbonyl (C=O) groups is 2. The van der Waals surface area contributed by atoms with E-state index in [2.05, 4.69) is 15.0 Å². The molecule has 0 saturated carbocycles. The van der Waals surface area contributed by atoms with Gasteiger partial charge in [-0.3, -0.25) is 14.6 Å². The molecule has 1 unspecified atom stereocenters. The minimum Gasteiger partial charge on any atom is -0.468 e. The molecule has 7 heteroatoms. The zero-order chi connectivity index (χ0) is 12.8. The molecule has 1 rings (SSSR count). The van der Waals surface area contributed by atoms with Crippen molar-refractivity contribution in [3.8, 4) is 0 Å². The molecule has 0 aliphatic heterocycles. The van der Waals surface area contributed by atoms with Crippen molar-refractivity contribution in [2.75, 3.05) is 13.7 Å². The lowest BCUT2D eigenvalue weighted by atomic mass is 10.2. The van der Waals surface area contributed by atoms with Gasteiger partial charge < -0.3 is 10.1 Å². The van der Waals surface area contributed by atoms with Crippen molar-refractivity contribution in [1.82, 2.24) is 10.3 Å². The summed E-state index contributed by atoms with van der Waals surface area (Å²) in [7, 11) is 1.22. The van der Waals surface area contributed by atoms with Crippen LogP contribution in [0.4, 0.5) is 0 Å². The molecule has 1 atom stereocenters. The van der Waals surface area contributed by atoms with Crippen molar-refractivity contribution in [2.24, 2.45) is 0 Å². The number of pyridine rings is 1. The first-order valence-corrected chi connectivity index (χ1v) is 5.47. The molecule has 1 amide bonds. The van der Waals surface area contributed by atoms with Crippen molar-refractivity contribution < 1.29 is 14.3 Å². The Bertz CT molecular complexity index is 426. The standard InChI is InChI=1S/C10H10Cl2N2O3/c1-17-10(16)8(12)5-14-9(15)6-2-3-13-4-7(6)11/h2-4,8H,5H2,1H3,(H,14,15). The Morgan fingerprint density at radius 3 is 2.88 bits per heavy atom. The van der Waals surface area contributed by atoms with Gasteiger partial charge in [0, 0.05) is 18.9 Å². The number of alkyl halides is 1. The second kappa shape index (κ2) is 6.42. The first-order valence-electron chi connectivity index (χ1n) is 4.66. The van der Waals surface area contributed by atoms with E-state index < -0.39 is 17.3 Å². The van der Waals surface area contributed by atoms with Crippen LogP contribution in [0.3, 0.4) is 0 Å². The Morgan fingerprint density at radius 2 is 2.29 bits per heavy atom. The van der Waals surface area contributed by atoms with Crippen molar-refractivity contribution in [3.05, 3.63) is 29.0 Å². The number of hydrogen-bond acceptors (Lipinski definition) is 4. The lowest BCUT2D eigenvalue weighted by molar-refractivity contribution is -0.140. The number of rotatable bonds is 4. The summed E-state index contributed by atoms with van der Waals surface area (Å²) < 4.78 is 4.42. The van der Waals surface area contributed by atoms with Crippen LogP contribution in [0.2, 0.25) is 5.02 Å². The van der Waals surface area contributed by atoms with Gasteiger partial charge in [0.1, 0.15) is 5.38 Å². The average molecular weight is 277 g/mol. The van der Waals surface area contributed by atoms with E-state index in [1.165, 1.54) is 25.6 Å². The van der Waals surface area contributed by atoms with E-state index in [0.717, 1.165) is 0 Å². The summed E-state index contributed by atoms with van der Waals surface area (Å²) in [5.41, 5.74) is 0.274. The first-order chi connectivity index (χ1) is 8.06. The summed E-state index contributed by atoms with van der Waals surface area (Å²) in [5.74, 6) is -1.03. The Labute approximate surface area is 108 Å². The van der Waals surface area contributed by atoms with Gasteiger partial charge in [0.2, 0.25) is 0 Å². The normalized spacial score (nSPS) is 11.7. The summed E-state index contributed by atoms with van der Waals surface area (Å²) in [6.07, 6.45) is 2.80. The Balaban J connectivity index is 2.57. The lowest BCUT2D eigenvalue weighted by Crippen LogP contribution is -2.34. The fraction of sp³-hybridized carbons (Fsp3) is 0.300. The topological polar surface area (TPSA) is 68.3 Å². The number of aromatic nitrogens is 1. The molecule has 1 aromatic rings. The van der Waals surface area contributed by atoms with Crippen molar-refractivity contribution >= 4 is 35.1 Å². The number of hydrogen-bond donors (Lipinski definition) is 1. The molecule has 0 saturated heterocycles. The molecule has 0 radical (unpaired) electrons. The zero-order valence-electron chi connectivity index (χ0n) is 8.94. The summed E-state index contributed by atoms with van der Waals surface area (Å²) in [4.78, 5) is 26.4. The quantitative estimate of drug-likeness (QED) is 0.664. The van der Waals surface area contributed by atoms with Gasteiger partial charge in [-0.1, -0.05) is 11.6 Å². The fourth-order valence-corrected chi connectivity index (χ4v) is 1.42. The number of halogens is 2. The van der Waals surface area contributed by atoms with Gasteiger partial charge in [-0.2, -0.15) is 0 Å². The molecule has 17 heavy (non-hydrogen) atoms.